The first-order chi connectivity index (χ1) is 3.72. The standard InChI is InChI=1S/C4H7FO3/c1-7-3(5)4(6)8-2/h3H,1-2H3. The summed E-state index contributed by atoms with van der Waals surface area (Å²) in [5.74, 6) is -1.01. The summed E-state index contributed by atoms with van der Waals surface area (Å²) >= 11 is 0. The van der Waals surface area contributed by atoms with E-state index in [2.05, 4.69) is 9.47 Å². The van der Waals surface area contributed by atoms with Gasteiger partial charge in [-0.25, -0.2) is 9.18 Å². The Kier molecular flexibility index (Phi) is 3.10. The van der Waals surface area contributed by atoms with Gasteiger partial charge in [0, 0.05) is 7.11 Å². The summed E-state index contributed by atoms with van der Waals surface area (Å²) in [4.78, 5) is 10.0. The van der Waals surface area contributed by atoms with Gasteiger partial charge in [-0.1, -0.05) is 0 Å². The van der Waals surface area contributed by atoms with Crippen molar-refractivity contribution in [2.24, 2.45) is 0 Å². The zero-order chi connectivity index (χ0) is 6.57. The van der Waals surface area contributed by atoms with E-state index in [1.807, 2.05) is 0 Å². The summed E-state index contributed by atoms with van der Waals surface area (Å²) in [6.45, 7) is 0. The molecule has 48 valence electrons. The summed E-state index contributed by atoms with van der Waals surface area (Å²) in [5, 5.41) is 0. The second-order valence-corrected chi connectivity index (χ2v) is 1.07. The molecule has 4 heteroatoms. The monoisotopic (exact) mass is 122 g/mol. The molecule has 8 heavy (non-hydrogen) atoms. The molecule has 0 amide bonds. The van der Waals surface area contributed by atoms with Crippen LogP contribution in [0.3, 0.4) is 0 Å². The van der Waals surface area contributed by atoms with Gasteiger partial charge in [-0.15, -0.1) is 0 Å². The first kappa shape index (κ1) is 7.36. The molecule has 0 rings (SSSR count). The molecule has 0 saturated carbocycles. The largest absolute Gasteiger partial charge is 0.465 e. The average Bonchev–Trinajstić information content (AvgIpc) is 1.84. The van der Waals surface area contributed by atoms with Crippen molar-refractivity contribution in [3.05, 3.63) is 0 Å². The summed E-state index contributed by atoms with van der Waals surface area (Å²) < 4.78 is 19.8. The third-order valence-corrected chi connectivity index (χ3v) is 0.593. The number of hydrogen-bond donors (Lipinski definition) is 0. The molecule has 0 saturated heterocycles. The Morgan fingerprint density at radius 2 is 2.12 bits per heavy atom. The predicted octanol–water partition coefficient (Wildman–Crippen LogP) is 0.101. The zero-order valence-corrected chi connectivity index (χ0v) is 4.68. The summed E-state index contributed by atoms with van der Waals surface area (Å²) in [5.41, 5.74) is 0. The highest BCUT2D eigenvalue weighted by molar-refractivity contribution is 5.72. The van der Waals surface area contributed by atoms with E-state index in [1.165, 1.54) is 0 Å². The third-order valence-electron chi connectivity index (χ3n) is 0.593. The van der Waals surface area contributed by atoms with Crippen LogP contribution >= 0.6 is 0 Å². The molecule has 0 N–H and O–H groups in total. The van der Waals surface area contributed by atoms with Gasteiger partial charge in [-0.05, 0) is 0 Å². The fraction of sp³-hybridized carbons (Fsp3) is 0.750. The van der Waals surface area contributed by atoms with Crippen molar-refractivity contribution in [2.75, 3.05) is 14.2 Å². The van der Waals surface area contributed by atoms with Crippen LogP contribution in [0.25, 0.3) is 0 Å². The molecule has 0 aliphatic carbocycles. The van der Waals surface area contributed by atoms with Crippen LogP contribution in [0.2, 0.25) is 0 Å². The first-order valence-electron chi connectivity index (χ1n) is 1.97. The summed E-state index contributed by atoms with van der Waals surface area (Å²) in [6, 6.07) is 0. The molecule has 0 aliphatic heterocycles. The Morgan fingerprint density at radius 3 is 2.25 bits per heavy atom. The Balaban J connectivity index is 3.46. The van der Waals surface area contributed by atoms with E-state index in [9.17, 15) is 9.18 Å². The number of carbonyl (C=O) groups excluding carboxylic acids is 1. The second-order valence-electron chi connectivity index (χ2n) is 1.07. The third kappa shape index (κ3) is 1.88. The van der Waals surface area contributed by atoms with Crippen LogP contribution in [0, 0.1) is 0 Å². The normalized spacial score (nSPS) is 12.9. The quantitative estimate of drug-likeness (QED) is 0.487. The fourth-order valence-electron chi connectivity index (χ4n) is 0.189. The van der Waals surface area contributed by atoms with E-state index in [1.54, 1.807) is 0 Å². The maximum atomic E-state index is 11.8. The minimum atomic E-state index is -1.94. The van der Waals surface area contributed by atoms with Crippen LogP contribution in [0.15, 0.2) is 0 Å². The number of methoxy groups -OCH3 is 2. The molecule has 0 radical (unpaired) electrons. The van der Waals surface area contributed by atoms with Crippen molar-refractivity contribution in [3.8, 4) is 0 Å². The number of carbonyl (C=O) groups is 1. The van der Waals surface area contributed by atoms with Crippen LogP contribution in [-0.2, 0) is 14.3 Å². The average molecular weight is 122 g/mol. The number of ether oxygens (including phenoxy) is 2. The maximum absolute atomic E-state index is 11.8. The summed E-state index contributed by atoms with van der Waals surface area (Å²) in [6.07, 6.45) is -1.94. The molecule has 0 aromatic rings. The molecule has 0 aliphatic rings. The number of hydrogen-bond acceptors (Lipinski definition) is 3. The highest BCUT2D eigenvalue weighted by atomic mass is 19.1. The highest BCUT2D eigenvalue weighted by Crippen LogP contribution is 1.91. The number of alkyl halides is 1. The van der Waals surface area contributed by atoms with Crippen molar-refractivity contribution in [1.29, 1.82) is 0 Å². The fourth-order valence-corrected chi connectivity index (χ4v) is 0.189. The van der Waals surface area contributed by atoms with Gasteiger partial charge in [-0.2, -0.15) is 0 Å². The molecule has 1 atom stereocenters. The number of halogens is 1. The van der Waals surface area contributed by atoms with E-state index in [0.717, 1.165) is 14.2 Å². The smallest absolute Gasteiger partial charge is 0.368 e. The van der Waals surface area contributed by atoms with E-state index in [-0.39, 0.29) is 0 Å². The van der Waals surface area contributed by atoms with E-state index < -0.39 is 12.3 Å². The van der Waals surface area contributed by atoms with Crippen LogP contribution in [0.1, 0.15) is 0 Å². The maximum Gasteiger partial charge on any atom is 0.368 e. The van der Waals surface area contributed by atoms with Gasteiger partial charge in [0.25, 0.3) is 6.36 Å². The lowest BCUT2D eigenvalue weighted by molar-refractivity contribution is -0.163. The Labute approximate surface area is 46.4 Å². The van der Waals surface area contributed by atoms with E-state index in [4.69, 9.17) is 0 Å². The molecule has 0 bridgehead atoms. The van der Waals surface area contributed by atoms with Gasteiger partial charge < -0.3 is 9.47 Å². The lowest BCUT2D eigenvalue weighted by atomic mass is 10.7. The molecule has 0 spiro atoms. The zero-order valence-electron chi connectivity index (χ0n) is 4.68. The Bertz CT molecular complexity index is 83.4. The van der Waals surface area contributed by atoms with Crippen molar-refractivity contribution in [3.63, 3.8) is 0 Å². The Hall–Kier alpha value is -0.640. The van der Waals surface area contributed by atoms with Crippen molar-refractivity contribution >= 4 is 5.97 Å². The molecule has 1 unspecified atom stereocenters. The van der Waals surface area contributed by atoms with Crippen LogP contribution in [-0.4, -0.2) is 26.5 Å². The molecule has 0 aromatic carbocycles. The predicted molar refractivity (Wildman–Crippen MR) is 23.9 cm³/mol. The molecular formula is C4H7FO3. The van der Waals surface area contributed by atoms with Crippen LogP contribution in [0.4, 0.5) is 4.39 Å². The molecule has 0 fully saturated rings. The Morgan fingerprint density at radius 1 is 1.62 bits per heavy atom. The number of rotatable bonds is 2. The lowest BCUT2D eigenvalue weighted by Gasteiger charge is -2.00. The van der Waals surface area contributed by atoms with Crippen molar-refractivity contribution in [2.45, 2.75) is 6.36 Å². The minimum absolute atomic E-state index is 1.01. The minimum Gasteiger partial charge on any atom is -0.465 e. The second kappa shape index (κ2) is 3.37. The molecule has 3 nitrogen and oxygen atoms in total. The first-order valence-corrected chi connectivity index (χ1v) is 1.97. The highest BCUT2D eigenvalue weighted by Gasteiger charge is 2.14. The number of esters is 1. The topological polar surface area (TPSA) is 35.5 Å². The van der Waals surface area contributed by atoms with Crippen LogP contribution in [0.5, 0.6) is 0 Å². The van der Waals surface area contributed by atoms with Crippen LogP contribution < -0.4 is 0 Å². The van der Waals surface area contributed by atoms with Gasteiger partial charge in [0.2, 0.25) is 0 Å². The van der Waals surface area contributed by atoms with Gasteiger partial charge in [0.1, 0.15) is 0 Å². The molecule has 0 aromatic heterocycles. The van der Waals surface area contributed by atoms with E-state index in [0.29, 0.717) is 0 Å². The van der Waals surface area contributed by atoms with Gasteiger partial charge >= 0.3 is 5.97 Å². The van der Waals surface area contributed by atoms with Crippen molar-refractivity contribution < 1.29 is 18.7 Å². The van der Waals surface area contributed by atoms with Gasteiger partial charge in [0.15, 0.2) is 0 Å². The summed E-state index contributed by atoms with van der Waals surface area (Å²) in [7, 11) is 2.18. The molecule has 0 heterocycles. The molecular weight excluding hydrogens is 115 g/mol. The van der Waals surface area contributed by atoms with E-state index >= 15 is 0 Å². The van der Waals surface area contributed by atoms with Gasteiger partial charge in [0.05, 0.1) is 7.11 Å². The van der Waals surface area contributed by atoms with Gasteiger partial charge in [-0.3, -0.25) is 0 Å². The van der Waals surface area contributed by atoms with Crippen molar-refractivity contribution in [1.82, 2.24) is 0 Å². The lowest BCUT2D eigenvalue weighted by Crippen LogP contribution is -2.18. The SMILES string of the molecule is COC(=O)C(F)OC.